The van der Waals surface area contributed by atoms with Crippen molar-refractivity contribution in [2.24, 2.45) is 0 Å². The number of H-pyrrole nitrogens is 2. The zero-order valence-corrected chi connectivity index (χ0v) is 15.3. The van der Waals surface area contributed by atoms with Gasteiger partial charge in [0.15, 0.2) is 0 Å². The summed E-state index contributed by atoms with van der Waals surface area (Å²) in [5, 5.41) is 1.11. The summed E-state index contributed by atoms with van der Waals surface area (Å²) in [6.07, 6.45) is 4.80. The van der Waals surface area contributed by atoms with Crippen LogP contribution in [0.25, 0.3) is 16.5 Å². The summed E-state index contributed by atoms with van der Waals surface area (Å²) in [5.74, 6) is 0.585. The van der Waals surface area contributed by atoms with Crippen LogP contribution >= 0.6 is 0 Å². The van der Waals surface area contributed by atoms with Crippen LogP contribution in [0.15, 0.2) is 47.4 Å². The predicted molar refractivity (Wildman–Crippen MR) is 105 cm³/mol. The lowest BCUT2D eigenvalue weighted by Crippen LogP contribution is -2.37. The van der Waals surface area contributed by atoms with Crippen molar-refractivity contribution in [3.05, 3.63) is 69.8 Å². The average Bonchev–Trinajstić information content (AvgIpc) is 3.10. The van der Waals surface area contributed by atoms with Crippen molar-refractivity contribution < 1.29 is 9.53 Å². The second-order valence-corrected chi connectivity index (χ2v) is 6.73. The van der Waals surface area contributed by atoms with E-state index in [9.17, 15) is 9.59 Å². The maximum Gasteiger partial charge on any atom is 0.260 e. The van der Waals surface area contributed by atoms with E-state index in [0.29, 0.717) is 13.1 Å². The number of aromatic amines is 2. The number of ether oxygens (including phenoxy) is 1. The number of nitrogens with zero attached hydrogens (tertiary/aromatic N) is 1. The second-order valence-electron chi connectivity index (χ2n) is 6.73. The molecule has 3 aromatic rings. The molecule has 2 N–H and O–H groups in total. The van der Waals surface area contributed by atoms with Gasteiger partial charge in [0.1, 0.15) is 11.3 Å². The van der Waals surface area contributed by atoms with Gasteiger partial charge in [-0.2, -0.15) is 0 Å². The van der Waals surface area contributed by atoms with Gasteiger partial charge in [-0.1, -0.05) is 6.08 Å². The first-order valence-corrected chi connectivity index (χ1v) is 8.90. The van der Waals surface area contributed by atoms with Gasteiger partial charge in [0.25, 0.3) is 11.5 Å². The van der Waals surface area contributed by atoms with Crippen LogP contribution in [0.4, 0.5) is 0 Å². The minimum absolute atomic E-state index is 0.189. The molecule has 138 valence electrons. The van der Waals surface area contributed by atoms with E-state index in [-0.39, 0.29) is 17.0 Å². The Hall–Kier alpha value is -3.28. The molecule has 1 aromatic carbocycles. The van der Waals surface area contributed by atoms with Gasteiger partial charge in [0.05, 0.1) is 7.11 Å². The van der Waals surface area contributed by atoms with Gasteiger partial charge in [0.2, 0.25) is 0 Å². The lowest BCUT2D eigenvalue weighted by atomic mass is 9.98. The normalized spacial score (nSPS) is 14.3. The van der Waals surface area contributed by atoms with Gasteiger partial charge < -0.3 is 19.6 Å². The third-order valence-corrected chi connectivity index (χ3v) is 5.02. The first-order valence-electron chi connectivity index (χ1n) is 8.90. The minimum Gasteiger partial charge on any atom is -0.497 e. The number of aromatic nitrogens is 2. The highest BCUT2D eigenvalue weighted by Crippen LogP contribution is 2.31. The molecule has 2 aromatic heterocycles. The van der Waals surface area contributed by atoms with E-state index in [1.165, 1.54) is 5.57 Å². The standard InChI is InChI=1S/C21H21N3O3/c1-13-3-5-16(20(25)23-13)21(26)24-9-7-14(8-10-24)18-12-22-19-6-4-15(27-2)11-17(18)19/h3-7,11-12,22H,8-10H2,1-2H3,(H,23,25). The van der Waals surface area contributed by atoms with Crippen LogP contribution in [0.5, 0.6) is 5.75 Å². The molecular formula is C21H21N3O3. The number of hydrogen-bond donors (Lipinski definition) is 2. The first-order chi connectivity index (χ1) is 13.1. The monoisotopic (exact) mass is 363 g/mol. The van der Waals surface area contributed by atoms with E-state index in [1.54, 1.807) is 31.1 Å². The number of amides is 1. The highest BCUT2D eigenvalue weighted by Gasteiger charge is 2.22. The van der Waals surface area contributed by atoms with E-state index in [1.807, 2.05) is 24.4 Å². The van der Waals surface area contributed by atoms with Crippen molar-refractivity contribution in [2.75, 3.05) is 20.2 Å². The van der Waals surface area contributed by atoms with Gasteiger partial charge in [0, 0.05) is 41.4 Å². The highest BCUT2D eigenvalue weighted by molar-refractivity contribution is 5.96. The Balaban J connectivity index is 1.58. The van der Waals surface area contributed by atoms with Crippen LogP contribution in [0.1, 0.15) is 28.0 Å². The first kappa shape index (κ1) is 17.1. The molecule has 4 rings (SSSR count). The van der Waals surface area contributed by atoms with Crippen molar-refractivity contribution in [1.29, 1.82) is 0 Å². The van der Waals surface area contributed by atoms with Crippen molar-refractivity contribution >= 4 is 22.4 Å². The van der Waals surface area contributed by atoms with Crippen molar-refractivity contribution in [1.82, 2.24) is 14.9 Å². The largest absolute Gasteiger partial charge is 0.497 e. The summed E-state index contributed by atoms with van der Waals surface area (Å²) >= 11 is 0. The van der Waals surface area contributed by atoms with Gasteiger partial charge in [-0.15, -0.1) is 0 Å². The van der Waals surface area contributed by atoms with E-state index >= 15 is 0 Å². The van der Waals surface area contributed by atoms with Crippen LogP contribution in [0.2, 0.25) is 0 Å². The second kappa shape index (κ2) is 6.79. The number of methoxy groups -OCH3 is 1. The number of nitrogens with one attached hydrogen (secondary N) is 2. The number of hydrogen-bond acceptors (Lipinski definition) is 3. The summed E-state index contributed by atoms with van der Waals surface area (Å²) in [6, 6.07) is 9.30. The molecule has 1 amide bonds. The molecule has 0 spiro atoms. The van der Waals surface area contributed by atoms with Gasteiger partial charge >= 0.3 is 0 Å². The van der Waals surface area contributed by atoms with Crippen LogP contribution in [0.3, 0.4) is 0 Å². The van der Waals surface area contributed by atoms with Crippen molar-refractivity contribution in [3.63, 3.8) is 0 Å². The van der Waals surface area contributed by atoms with Crippen LogP contribution in [-0.2, 0) is 0 Å². The molecule has 0 fully saturated rings. The molecule has 3 heterocycles. The minimum atomic E-state index is -0.335. The van der Waals surface area contributed by atoms with Crippen LogP contribution < -0.4 is 10.3 Å². The highest BCUT2D eigenvalue weighted by atomic mass is 16.5. The van der Waals surface area contributed by atoms with E-state index in [0.717, 1.165) is 34.3 Å². The van der Waals surface area contributed by atoms with Gasteiger partial charge in [-0.05, 0) is 49.2 Å². The Morgan fingerprint density at radius 3 is 2.78 bits per heavy atom. The summed E-state index contributed by atoms with van der Waals surface area (Å²) in [5.41, 5.74) is 3.97. The lowest BCUT2D eigenvalue weighted by Gasteiger charge is -2.26. The zero-order valence-electron chi connectivity index (χ0n) is 15.3. The molecule has 0 saturated carbocycles. The number of benzene rings is 1. The molecule has 0 radical (unpaired) electrons. The third kappa shape index (κ3) is 3.14. The van der Waals surface area contributed by atoms with Crippen molar-refractivity contribution in [2.45, 2.75) is 13.3 Å². The van der Waals surface area contributed by atoms with Gasteiger partial charge in [-0.3, -0.25) is 9.59 Å². The number of carbonyl (C=O) groups excluding carboxylic acids is 1. The molecule has 1 aliphatic rings. The number of aryl methyl sites for hydroxylation is 1. The van der Waals surface area contributed by atoms with Crippen LogP contribution in [0, 0.1) is 6.92 Å². The SMILES string of the molecule is COc1ccc2[nH]cc(C3=CCN(C(=O)c4ccc(C)[nH]c4=O)CC3)c2c1. The molecule has 0 aliphatic carbocycles. The third-order valence-electron chi connectivity index (χ3n) is 5.02. The quantitative estimate of drug-likeness (QED) is 0.751. The Morgan fingerprint density at radius 2 is 2.07 bits per heavy atom. The summed E-state index contributed by atoms with van der Waals surface area (Å²) in [4.78, 5) is 32.4. The maximum absolute atomic E-state index is 12.7. The van der Waals surface area contributed by atoms with E-state index in [4.69, 9.17) is 4.74 Å². The topological polar surface area (TPSA) is 78.2 Å². The summed E-state index contributed by atoms with van der Waals surface area (Å²) in [6.45, 7) is 2.86. The van der Waals surface area contributed by atoms with Crippen molar-refractivity contribution in [3.8, 4) is 5.75 Å². The summed E-state index contributed by atoms with van der Waals surface area (Å²) in [7, 11) is 1.66. The number of pyridine rings is 1. The average molecular weight is 363 g/mol. The molecule has 0 saturated heterocycles. The molecular weight excluding hydrogens is 342 g/mol. The number of carbonyl (C=O) groups is 1. The van der Waals surface area contributed by atoms with E-state index < -0.39 is 0 Å². The fourth-order valence-corrected chi connectivity index (χ4v) is 3.50. The molecule has 27 heavy (non-hydrogen) atoms. The fourth-order valence-electron chi connectivity index (χ4n) is 3.50. The molecule has 6 heteroatoms. The fraction of sp³-hybridized carbons (Fsp3) is 0.238. The lowest BCUT2D eigenvalue weighted by molar-refractivity contribution is 0.0771. The number of rotatable bonds is 3. The smallest absolute Gasteiger partial charge is 0.260 e. The maximum atomic E-state index is 12.7. The number of fused-ring (bicyclic) bond motifs is 1. The molecule has 1 aliphatic heterocycles. The van der Waals surface area contributed by atoms with Gasteiger partial charge in [-0.25, -0.2) is 0 Å². The Morgan fingerprint density at radius 1 is 1.22 bits per heavy atom. The predicted octanol–water partition coefficient (Wildman–Crippen LogP) is 3.10. The molecule has 0 bridgehead atoms. The Labute approximate surface area is 156 Å². The Bertz CT molecular complexity index is 1110. The Kier molecular flexibility index (Phi) is 4.32. The zero-order chi connectivity index (χ0) is 19.0. The van der Waals surface area contributed by atoms with E-state index in [2.05, 4.69) is 16.0 Å². The van der Waals surface area contributed by atoms with Crippen LogP contribution in [-0.4, -0.2) is 41.0 Å². The molecule has 0 unspecified atom stereocenters. The molecule has 6 nitrogen and oxygen atoms in total. The summed E-state index contributed by atoms with van der Waals surface area (Å²) < 4.78 is 5.33. The molecule has 0 atom stereocenters.